The van der Waals surface area contributed by atoms with E-state index < -0.39 is 0 Å². The highest BCUT2D eigenvalue weighted by Crippen LogP contribution is 2.31. The molecule has 3 rings (SSSR count). The second kappa shape index (κ2) is 3.96. The summed E-state index contributed by atoms with van der Waals surface area (Å²) in [5.41, 5.74) is 1.85. The Morgan fingerprint density at radius 3 is 1.76 bits per heavy atom. The first-order chi connectivity index (χ1) is 8.20. The number of nitrogens with zero attached hydrogens (tertiary/aromatic N) is 1. The molecule has 0 aliphatic rings. The highest BCUT2D eigenvalue weighted by molar-refractivity contribution is 9.10. The standard InChI is InChI=1S/C13H7Br2NO/c14-8-1-3-12-10(5-8)11-6-9(15)2-4-13(11)16(12)7-17/h1-7H. The molecule has 17 heavy (non-hydrogen) atoms. The maximum atomic E-state index is 11.2. The van der Waals surface area contributed by atoms with Crippen LogP contribution in [-0.2, 0) is 4.79 Å². The quantitative estimate of drug-likeness (QED) is 0.596. The smallest absolute Gasteiger partial charge is 0.218 e. The molecule has 0 aliphatic heterocycles. The fourth-order valence-corrected chi connectivity index (χ4v) is 2.83. The van der Waals surface area contributed by atoms with E-state index in [1.165, 1.54) is 0 Å². The molecular formula is C13H7Br2NO. The number of benzene rings is 2. The molecule has 2 aromatic carbocycles. The molecule has 0 fully saturated rings. The van der Waals surface area contributed by atoms with Crippen molar-refractivity contribution in [3.05, 3.63) is 45.3 Å². The number of fused-ring (bicyclic) bond motifs is 3. The minimum absolute atomic E-state index is 0.854. The number of carbonyl (C=O) groups excluding carboxylic acids is 1. The predicted molar refractivity (Wildman–Crippen MR) is 77.0 cm³/mol. The van der Waals surface area contributed by atoms with Crippen LogP contribution in [-0.4, -0.2) is 11.0 Å². The van der Waals surface area contributed by atoms with Gasteiger partial charge in [0.25, 0.3) is 0 Å². The van der Waals surface area contributed by atoms with E-state index in [1.54, 1.807) is 4.57 Å². The van der Waals surface area contributed by atoms with Crippen LogP contribution in [0.1, 0.15) is 0 Å². The molecule has 0 spiro atoms. The van der Waals surface area contributed by atoms with Crippen LogP contribution in [0.25, 0.3) is 21.8 Å². The molecule has 0 aliphatic carbocycles. The van der Waals surface area contributed by atoms with E-state index >= 15 is 0 Å². The Labute approximate surface area is 114 Å². The largest absolute Gasteiger partial charge is 0.282 e. The lowest BCUT2D eigenvalue weighted by atomic mass is 10.2. The van der Waals surface area contributed by atoms with Crippen molar-refractivity contribution in [2.75, 3.05) is 0 Å². The van der Waals surface area contributed by atoms with Crippen LogP contribution in [0.15, 0.2) is 45.3 Å². The van der Waals surface area contributed by atoms with Crippen molar-refractivity contribution in [1.29, 1.82) is 0 Å². The van der Waals surface area contributed by atoms with Gasteiger partial charge in [-0.1, -0.05) is 31.9 Å². The zero-order chi connectivity index (χ0) is 12.0. The van der Waals surface area contributed by atoms with Crippen LogP contribution >= 0.6 is 31.9 Å². The van der Waals surface area contributed by atoms with Crippen LogP contribution in [0, 0.1) is 0 Å². The van der Waals surface area contributed by atoms with Crippen molar-refractivity contribution in [2.45, 2.75) is 0 Å². The van der Waals surface area contributed by atoms with Gasteiger partial charge in [0.15, 0.2) is 0 Å². The third-order valence-electron chi connectivity index (χ3n) is 2.83. The number of hydrogen-bond donors (Lipinski definition) is 0. The molecule has 3 aromatic rings. The molecule has 4 heteroatoms. The highest BCUT2D eigenvalue weighted by atomic mass is 79.9. The maximum Gasteiger partial charge on any atom is 0.218 e. The minimum atomic E-state index is 0.854. The first-order valence-corrected chi connectivity index (χ1v) is 6.63. The van der Waals surface area contributed by atoms with Crippen molar-refractivity contribution in [1.82, 2.24) is 4.57 Å². The van der Waals surface area contributed by atoms with E-state index in [0.717, 1.165) is 37.2 Å². The topological polar surface area (TPSA) is 22.0 Å². The summed E-state index contributed by atoms with van der Waals surface area (Å²) in [6.45, 7) is 0. The van der Waals surface area contributed by atoms with Crippen LogP contribution in [0.3, 0.4) is 0 Å². The lowest BCUT2D eigenvalue weighted by Crippen LogP contribution is -1.92. The number of carbonyl (C=O) groups is 1. The van der Waals surface area contributed by atoms with Gasteiger partial charge in [0, 0.05) is 19.7 Å². The number of aromatic nitrogens is 1. The van der Waals surface area contributed by atoms with Gasteiger partial charge in [-0.05, 0) is 36.4 Å². The van der Waals surface area contributed by atoms with Crippen LogP contribution in [0.4, 0.5) is 0 Å². The van der Waals surface area contributed by atoms with Crippen molar-refractivity contribution in [2.24, 2.45) is 0 Å². The van der Waals surface area contributed by atoms with E-state index in [2.05, 4.69) is 31.9 Å². The normalized spacial score (nSPS) is 11.2. The molecule has 0 saturated heterocycles. The molecule has 1 heterocycles. The summed E-state index contributed by atoms with van der Waals surface area (Å²) in [6.07, 6.45) is 0.854. The molecular weight excluding hydrogens is 346 g/mol. The number of hydrogen-bond acceptors (Lipinski definition) is 1. The van der Waals surface area contributed by atoms with Gasteiger partial charge in [0.05, 0.1) is 11.0 Å². The van der Waals surface area contributed by atoms with Gasteiger partial charge in [-0.25, -0.2) is 0 Å². The lowest BCUT2D eigenvalue weighted by Gasteiger charge is -1.95. The van der Waals surface area contributed by atoms with Crippen LogP contribution < -0.4 is 0 Å². The van der Waals surface area contributed by atoms with E-state index in [9.17, 15) is 4.79 Å². The summed E-state index contributed by atoms with van der Waals surface area (Å²) in [6, 6.07) is 11.8. The average Bonchev–Trinajstić information content (AvgIpc) is 2.62. The Morgan fingerprint density at radius 2 is 1.35 bits per heavy atom. The van der Waals surface area contributed by atoms with Gasteiger partial charge < -0.3 is 0 Å². The molecule has 0 radical (unpaired) electrons. The van der Waals surface area contributed by atoms with Crippen molar-refractivity contribution in [3.8, 4) is 0 Å². The molecule has 0 atom stereocenters. The highest BCUT2D eigenvalue weighted by Gasteiger charge is 2.10. The molecule has 0 saturated carbocycles. The minimum Gasteiger partial charge on any atom is -0.282 e. The summed E-state index contributed by atoms with van der Waals surface area (Å²) in [7, 11) is 0. The molecule has 1 aromatic heterocycles. The predicted octanol–water partition coefficient (Wildman–Crippen LogP) is 4.36. The first kappa shape index (κ1) is 11.0. The summed E-state index contributed by atoms with van der Waals surface area (Å²) >= 11 is 6.92. The zero-order valence-electron chi connectivity index (χ0n) is 8.65. The Hall–Kier alpha value is -1.13. The SMILES string of the molecule is O=Cn1c2ccc(Br)cc2c2cc(Br)ccc21. The lowest BCUT2D eigenvalue weighted by molar-refractivity contribution is 0.550. The third kappa shape index (κ3) is 1.63. The summed E-state index contributed by atoms with van der Waals surface area (Å²) in [4.78, 5) is 11.2. The van der Waals surface area contributed by atoms with Crippen molar-refractivity contribution < 1.29 is 4.79 Å². The second-order valence-electron chi connectivity index (χ2n) is 3.80. The fraction of sp³-hybridized carbons (Fsp3) is 0. The Bertz CT molecular complexity index is 687. The molecule has 0 amide bonds. The summed E-state index contributed by atoms with van der Waals surface area (Å²) in [5, 5.41) is 2.14. The monoisotopic (exact) mass is 351 g/mol. The molecule has 84 valence electrons. The van der Waals surface area contributed by atoms with Crippen LogP contribution in [0.2, 0.25) is 0 Å². The first-order valence-electron chi connectivity index (χ1n) is 5.05. The van der Waals surface area contributed by atoms with E-state index in [0.29, 0.717) is 0 Å². The van der Waals surface area contributed by atoms with Crippen LogP contribution in [0.5, 0.6) is 0 Å². The van der Waals surface area contributed by atoms with Gasteiger partial charge in [-0.2, -0.15) is 0 Å². The molecule has 0 unspecified atom stereocenters. The van der Waals surface area contributed by atoms with Gasteiger partial charge in [-0.15, -0.1) is 0 Å². The Kier molecular flexibility index (Phi) is 2.56. The van der Waals surface area contributed by atoms with E-state index in [1.807, 2.05) is 36.4 Å². The number of halogens is 2. The second-order valence-corrected chi connectivity index (χ2v) is 5.63. The Morgan fingerprint density at radius 1 is 0.882 bits per heavy atom. The third-order valence-corrected chi connectivity index (χ3v) is 3.82. The van der Waals surface area contributed by atoms with Gasteiger partial charge in [0.2, 0.25) is 6.41 Å². The van der Waals surface area contributed by atoms with Gasteiger partial charge in [0.1, 0.15) is 0 Å². The van der Waals surface area contributed by atoms with Crippen molar-refractivity contribution in [3.63, 3.8) is 0 Å². The fourth-order valence-electron chi connectivity index (χ4n) is 2.11. The summed E-state index contributed by atoms with van der Waals surface area (Å²) < 4.78 is 3.69. The van der Waals surface area contributed by atoms with Crippen molar-refractivity contribution >= 4 is 60.1 Å². The molecule has 0 N–H and O–H groups in total. The zero-order valence-corrected chi connectivity index (χ0v) is 11.8. The summed E-state index contributed by atoms with van der Waals surface area (Å²) in [5.74, 6) is 0. The van der Waals surface area contributed by atoms with Gasteiger partial charge >= 0.3 is 0 Å². The number of rotatable bonds is 1. The van der Waals surface area contributed by atoms with E-state index in [4.69, 9.17) is 0 Å². The molecule has 0 bridgehead atoms. The Balaban J connectivity index is 2.61. The molecule has 2 nitrogen and oxygen atoms in total. The average molecular weight is 353 g/mol. The van der Waals surface area contributed by atoms with E-state index in [-0.39, 0.29) is 0 Å². The van der Waals surface area contributed by atoms with Gasteiger partial charge in [-0.3, -0.25) is 9.36 Å². The maximum absolute atomic E-state index is 11.2.